The van der Waals surface area contributed by atoms with Crippen molar-refractivity contribution in [3.8, 4) is 0 Å². The summed E-state index contributed by atoms with van der Waals surface area (Å²) in [7, 11) is 0. The second-order valence-electron chi connectivity index (χ2n) is 6.01. The molecule has 3 atom stereocenters. The molecule has 0 spiro atoms. The van der Waals surface area contributed by atoms with Crippen LogP contribution in [0.4, 0.5) is 0 Å². The van der Waals surface area contributed by atoms with Crippen LogP contribution in [0, 0.1) is 11.8 Å². The molecular formula is C16H32O2. The van der Waals surface area contributed by atoms with Gasteiger partial charge < -0.3 is 9.84 Å². The lowest BCUT2D eigenvalue weighted by molar-refractivity contribution is -0.0790. The van der Waals surface area contributed by atoms with Crippen molar-refractivity contribution in [2.45, 2.75) is 84.3 Å². The van der Waals surface area contributed by atoms with Gasteiger partial charge in [-0.25, -0.2) is 0 Å². The molecule has 2 heteroatoms. The van der Waals surface area contributed by atoms with Crippen LogP contribution in [0.1, 0.15) is 72.1 Å². The van der Waals surface area contributed by atoms with Crippen LogP contribution < -0.4 is 0 Å². The summed E-state index contributed by atoms with van der Waals surface area (Å²) in [6, 6.07) is 0. The summed E-state index contributed by atoms with van der Waals surface area (Å²) in [5.74, 6) is 1.19. The lowest BCUT2D eigenvalue weighted by Gasteiger charge is -2.34. The quantitative estimate of drug-likeness (QED) is 0.706. The minimum absolute atomic E-state index is 0.0783. The minimum atomic E-state index is -0.269. The lowest BCUT2D eigenvalue weighted by Crippen LogP contribution is -2.38. The zero-order valence-electron chi connectivity index (χ0n) is 12.5. The standard InChI is InChI=1S/C16H32O2/c1-4-9-13(3)12-15(17)16(18-5-2)14-10-7-6-8-11-14/h13-17H,4-12H2,1-3H3. The van der Waals surface area contributed by atoms with Crippen molar-refractivity contribution in [3.05, 3.63) is 0 Å². The first-order valence-electron chi connectivity index (χ1n) is 7.98. The van der Waals surface area contributed by atoms with Crippen LogP contribution in [0.15, 0.2) is 0 Å². The average molecular weight is 256 g/mol. The molecule has 1 fully saturated rings. The molecule has 0 aromatic heterocycles. The van der Waals surface area contributed by atoms with Crippen molar-refractivity contribution < 1.29 is 9.84 Å². The van der Waals surface area contributed by atoms with Crippen molar-refractivity contribution in [1.29, 1.82) is 0 Å². The number of aliphatic hydroxyl groups excluding tert-OH is 1. The van der Waals surface area contributed by atoms with Gasteiger partial charge in [0, 0.05) is 6.61 Å². The molecule has 0 radical (unpaired) electrons. The predicted octanol–water partition coefficient (Wildman–Crippen LogP) is 4.16. The number of aliphatic hydroxyl groups is 1. The zero-order chi connectivity index (χ0) is 13.4. The van der Waals surface area contributed by atoms with Crippen LogP contribution in [-0.4, -0.2) is 23.9 Å². The molecule has 108 valence electrons. The topological polar surface area (TPSA) is 29.5 Å². The Morgan fingerprint density at radius 1 is 1.17 bits per heavy atom. The highest BCUT2D eigenvalue weighted by atomic mass is 16.5. The molecule has 1 aliphatic carbocycles. The molecule has 2 nitrogen and oxygen atoms in total. The van der Waals surface area contributed by atoms with Crippen molar-refractivity contribution in [1.82, 2.24) is 0 Å². The number of ether oxygens (including phenoxy) is 1. The summed E-state index contributed by atoms with van der Waals surface area (Å²) in [6.07, 6.45) is 9.58. The Morgan fingerprint density at radius 3 is 2.39 bits per heavy atom. The van der Waals surface area contributed by atoms with Crippen molar-refractivity contribution in [2.75, 3.05) is 6.61 Å². The van der Waals surface area contributed by atoms with Crippen molar-refractivity contribution in [2.24, 2.45) is 11.8 Å². The van der Waals surface area contributed by atoms with E-state index in [0.717, 1.165) is 13.0 Å². The average Bonchev–Trinajstić information content (AvgIpc) is 2.37. The normalized spacial score (nSPS) is 22.7. The van der Waals surface area contributed by atoms with E-state index in [1.54, 1.807) is 0 Å². The maximum absolute atomic E-state index is 10.5. The first kappa shape index (κ1) is 16.0. The van der Waals surface area contributed by atoms with Gasteiger partial charge in [0.1, 0.15) is 0 Å². The molecule has 18 heavy (non-hydrogen) atoms. The van der Waals surface area contributed by atoms with E-state index in [4.69, 9.17) is 4.74 Å². The highest BCUT2D eigenvalue weighted by Crippen LogP contribution is 2.31. The monoisotopic (exact) mass is 256 g/mol. The minimum Gasteiger partial charge on any atom is -0.390 e. The van der Waals surface area contributed by atoms with E-state index in [1.807, 2.05) is 6.92 Å². The Balaban J connectivity index is 2.47. The molecule has 0 heterocycles. The fourth-order valence-electron chi connectivity index (χ4n) is 3.37. The molecule has 1 aliphatic rings. The summed E-state index contributed by atoms with van der Waals surface area (Å²) in [4.78, 5) is 0. The smallest absolute Gasteiger partial charge is 0.0861 e. The van der Waals surface area contributed by atoms with E-state index in [-0.39, 0.29) is 12.2 Å². The van der Waals surface area contributed by atoms with Gasteiger partial charge in [-0.2, -0.15) is 0 Å². The third-order valence-electron chi connectivity index (χ3n) is 4.28. The van der Waals surface area contributed by atoms with Crippen LogP contribution in [-0.2, 0) is 4.74 Å². The highest BCUT2D eigenvalue weighted by Gasteiger charge is 2.30. The zero-order valence-corrected chi connectivity index (χ0v) is 12.5. The SMILES string of the molecule is CCCC(C)CC(O)C(OCC)C1CCCCC1. The summed E-state index contributed by atoms with van der Waals surface area (Å²) in [5.41, 5.74) is 0. The van der Waals surface area contributed by atoms with E-state index < -0.39 is 0 Å². The van der Waals surface area contributed by atoms with E-state index >= 15 is 0 Å². The number of hydrogen-bond donors (Lipinski definition) is 1. The van der Waals surface area contributed by atoms with Gasteiger partial charge in [-0.3, -0.25) is 0 Å². The number of hydrogen-bond acceptors (Lipinski definition) is 2. The van der Waals surface area contributed by atoms with Gasteiger partial charge in [-0.1, -0.05) is 46.0 Å². The van der Waals surface area contributed by atoms with Gasteiger partial charge in [0.25, 0.3) is 0 Å². The molecule has 0 aromatic rings. The Hall–Kier alpha value is -0.0800. The van der Waals surface area contributed by atoms with E-state index in [9.17, 15) is 5.11 Å². The van der Waals surface area contributed by atoms with Gasteiger partial charge in [-0.05, 0) is 38.0 Å². The molecule has 0 bridgehead atoms. The van der Waals surface area contributed by atoms with Crippen LogP contribution in [0.3, 0.4) is 0 Å². The van der Waals surface area contributed by atoms with Crippen molar-refractivity contribution in [3.63, 3.8) is 0 Å². The van der Waals surface area contributed by atoms with Crippen LogP contribution in [0.25, 0.3) is 0 Å². The first-order chi connectivity index (χ1) is 8.69. The maximum atomic E-state index is 10.5. The van der Waals surface area contributed by atoms with Gasteiger partial charge in [0.05, 0.1) is 12.2 Å². The van der Waals surface area contributed by atoms with Gasteiger partial charge in [-0.15, -0.1) is 0 Å². The molecule has 1 saturated carbocycles. The Bertz CT molecular complexity index is 199. The molecule has 0 amide bonds. The Kier molecular flexibility index (Phi) is 7.92. The maximum Gasteiger partial charge on any atom is 0.0861 e. The molecule has 1 N–H and O–H groups in total. The molecule has 1 rings (SSSR count). The summed E-state index contributed by atoms with van der Waals surface area (Å²) >= 11 is 0. The molecular weight excluding hydrogens is 224 g/mol. The van der Waals surface area contributed by atoms with E-state index in [1.165, 1.54) is 44.9 Å². The third-order valence-corrected chi connectivity index (χ3v) is 4.28. The van der Waals surface area contributed by atoms with Crippen LogP contribution in [0.2, 0.25) is 0 Å². The first-order valence-corrected chi connectivity index (χ1v) is 7.98. The summed E-state index contributed by atoms with van der Waals surface area (Å²) in [6.45, 7) is 7.22. The third kappa shape index (κ3) is 5.27. The fourth-order valence-corrected chi connectivity index (χ4v) is 3.37. The number of rotatable bonds is 8. The highest BCUT2D eigenvalue weighted by molar-refractivity contribution is 4.81. The molecule has 0 aromatic carbocycles. The van der Waals surface area contributed by atoms with E-state index in [2.05, 4.69) is 13.8 Å². The van der Waals surface area contributed by atoms with Crippen LogP contribution >= 0.6 is 0 Å². The predicted molar refractivity (Wildman–Crippen MR) is 76.7 cm³/mol. The largest absolute Gasteiger partial charge is 0.390 e. The second-order valence-corrected chi connectivity index (χ2v) is 6.01. The van der Waals surface area contributed by atoms with Crippen LogP contribution in [0.5, 0.6) is 0 Å². The second kappa shape index (κ2) is 8.92. The van der Waals surface area contributed by atoms with Gasteiger partial charge >= 0.3 is 0 Å². The molecule has 0 aliphatic heterocycles. The summed E-state index contributed by atoms with van der Waals surface area (Å²) in [5, 5.41) is 10.5. The lowest BCUT2D eigenvalue weighted by atomic mass is 9.81. The molecule has 0 saturated heterocycles. The van der Waals surface area contributed by atoms with Crippen molar-refractivity contribution >= 4 is 0 Å². The summed E-state index contributed by atoms with van der Waals surface area (Å²) < 4.78 is 5.87. The Morgan fingerprint density at radius 2 is 1.83 bits per heavy atom. The van der Waals surface area contributed by atoms with E-state index in [0.29, 0.717) is 11.8 Å². The fraction of sp³-hybridized carbons (Fsp3) is 1.00. The Labute approximate surface area is 113 Å². The molecule has 3 unspecified atom stereocenters. The van der Waals surface area contributed by atoms with Gasteiger partial charge in [0.15, 0.2) is 0 Å². The van der Waals surface area contributed by atoms with Gasteiger partial charge in [0.2, 0.25) is 0 Å².